The summed E-state index contributed by atoms with van der Waals surface area (Å²) in [6, 6.07) is 10.6. The molecule has 144 valence electrons. The number of hydrogen-bond acceptors (Lipinski definition) is 6. The predicted molar refractivity (Wildman–Crippen MR) is 90.8 cm³/mol. The van der Waals surface area contributed by atoms with Crippen LogP contribution in [0.1, 0.15) is 6.42 Å². The first-order valence-electron chi connectivity index (χ1n) is 8.02. The van der Waals surface area contributed by atoms with Crippen LogP contribution in [0, 0.1) is 11.7 Å². The summed E-state index contributed by atoms with van der Waals surface area (Å²) in [4.78, 5) is 13.6. The van der Waals surface area contributed by atoms with Gasteiger partial charge in [-0.05, 0) is 55.0 Å². The Balaban J connectivity index is 1.65. The Hall–Kier alpha value is -2.53. The van der Waals surface area contributed by atoms with E-state index >= 15 is 0 Å². The Morgan fingerprint density at radius 2 is 1.74 bits per heavy atom. The maximum atomic E-state index is 12.9. The Labute approximate surface area is 155 Å². The number of sulfonamides is 1. The minimum atomic E-state index is -4.17. The highest BCUT2D eigenvalue weighted by molar-refractivity contribution is 7.89. The largest absolute Gasteiger partial charge is 0.457 e. The second kappa shape index (κ2) is 8.01. The molecule has 1 saturated heterocycles. The van der Waals surface area contributed by atoms with Crippen LogP contribution in [0.2, 0.25) is 0 Å². The number of ether oxygens (including phenoxy) is 2. The molecule has 2 aromatic carbocycles. The molecule has 1 amide bonds. The van der Waals surface area contributed by atoms with Gasteiger partial charge in [-0.3, -0.25) is 10.0 Å². The number of carbonyl (C=O) groups is 1. The van der Waals surface area contributed by atoms with Gasteiger partial charge in [-0.15, -0.1) is 5.17 Å². The molecule has 1 unspecified atom stereocenters. The van der Waals surface area contributed by atoms with Gasteiger partial charge in [0.1, 0.15) is 17.3 Å². The number of halogens is 1. The van der Waals surface area contributed by atoms with Crippen molar-refractivity contribution in [2.45, 2.75) is 11.3 Å². The second-order valence-corrected chi connectivity index (χ2v) is 7.49. The van der Waals surface area contributed by atoms with E-state index in [2.05, 4.69) is 0 Å². The molecule has 27 heavy (non-hydrogen) atoms. The monoisotopic (exact) mass is 396 g/mol. The molecule has 0 aromatic heterocycles. The first-order chi connectivity index (χ1) is 12.8. The third-order valence-corrected chi connectivity index (χ3v) is 5.18. The van der Waals surface area contributed by atoms with E-state index in [9.17, 15) is 22.8 Å². The molecule has 0 saturated carbocycles. The summed E-state index contributed by atoms with van der Waals surface area (Å²) < 4.78 is 48.0. The summed E-state index contributed by atoms with van der Waals surface area (Å²) in [5, 5.41) is 9.70. The van der Waals surface area contributed by atoms with E-state index in [0.29, 0.717) is 24.5 Å². The highest BCUT2D eigenvalue weighted by atomic mass is 32.2. The number of nitrogens with zero attached hydrogens (tertiary/aromatic N) is 1. The van der Waals surface area contributed by atoms with E-state index in [-0.39, 0.29) is 16.7 Å². The van der Waals surface area contributed by atoms with E-state index in [1.165, 1.54) is 48.5 Å². The van der Waals surface area contributed by atoms with Crippen molar-refractivity contribution in [1.29, 1.82) is 0 Å². The molecular weight excluding hydrogens is 379 g/mol. The highest BCUT2D eigenvalue weighted by Crippen LogP contribution is 2.23. The van der Waals surface area contributed by atoms with E-state index in [1.807, 2.05) is 0 Å². The lowest BCUT2D eigenvalue weighted by molar-refractivity contribution is -0.177. The Morgan fingerprint density at radius 1 is 1.15 bits per heavy atom. The molecule has 0 spiro atoms. The second-order valence-electron chi connectivity index (χ2n) is 5.83. The van der Waals surface area contributed by atoms with Crippen LogP contribution in [-0.2, 0) is 19.6 Å². The zero-order valence-corrected chi connectivity index (χ0v) is 14.9. The maximum absolute atomic E-state index is 12.9. The minimum Gasteiger partial charge on any atom is -0.457 e. The van der Waals surface area contributed by atoms with Crippen molar-refractivity contribution >= 4 is 15.9 Å². The molecule has 0 aliphatic carbocycles. The maximum Gasteiger partial charge on any atom is 0.267 e. The van der Waals surface area contributed by atoms with E-state index in [0.717, 1.165) is 0 Å². The zero-order valence-electron chi connectivity index (χ0n) is 14.0. The third kappa shape index (κ3) is 4.80. The van der Waals surface area contributed by atoms with Crippen LogP contribution in [0.4, 0.5) is 4.39 Å². The fraction of sp³-hybridized carbons (Fsp3) is 0.235. The smallest absolute Gasteiger partial charge is 0.267 e. The lowest BCUT2D eigenvalue weighted by Gasteiger charge is -2.18. The standard InChI is InChI=1S/C17H17FN2O6S/c18-13-1-3-14(4-2-13)26-15-5-7-16(8-6-15)27(23,24)19-20(22)17(21)12-9-10-25-11-12/h1-8,12,19,22H,9-11H2. The van der Waals surface area contributed by atoms with Crippen molar-refractivity contribution in [1.82, 2.24) is 10.0 Å². The molecule has 3 rings (SSSR count). The molecule has 2 N–H and O–H groups in total. The molecular formula is C17H17FN2O6S. The van der Waals surface area contributed by atoms with Crippen LogP contribution >= 0.6 is 0 Å². The van der Waals surface area contributed by atoms with Crippen molar-refractivity contribution in [2.75, 3.05) is 13.2 Å². The third-order valence-electron chi connectivity index (χ3n) is 3.88. The van der Waals surface area contributed by atoms with Crippen molar-refractivity contribution in [3.05, 3.63) is 54.3 Å². The predicted octanol–water partition coefficient (Wildman–Crippen LogP) is 2.07. The normalized spacial score (nSPS) is 16.9. The summed E-state index contributed by atoms with van der Waals surface area (Å²) in [5.74, 6) is -1.06. The summed E-state index contributed by atoms with van der Waals surface area (Å²) in [6.07, 6.45) is 0.410. The number of amides is 1. The average Bonchev–Trinajstić information content (AvgIpc) is 3.18. The van der Waals surface area contributed by atoms with Crippen molar-refractivity contribution < 1.29 is 32.3 Å². The summed E-state index contributed by atoms with van der Waals surface area (Å²) in [7, 11) is -4.17. The molecule has 1 fully saturated rings. The quantitative estimate of drug-likeness (QED) is 0.572. The van der Waals surface area contributed by atoms with Gasteiger partial charge in [0.25, 0.3) is 15.9 Å². The van der Waals surface area contributed by atoms with Gasteiger partial charge < -0.3 is 9.47 Å². The zero-order chi connectivity index (χ0) is 19.4. The van der Waals surface area contributed by atoms with Gasteiger partial charge >= 0.3 is 0 Å². The van der Waals surface area contributed by atoms with E-state index in [1.54, 1.807) is 4.83 Å². The van der Waals surface area contributed by atoms with Gasteiger partial charge in [-0.2, -0.15) is 0 Å². The number of rotatable bonds is 6. The van der Waals surface area contributed by atoms with Crippen molar-refractivity contribution in [3.8, 4) is 11.5 Å². The molecule has 1 atom stereocenters. The average molecular weight is 396 g/mol. The Bertz CT molecular complexity index is 896. The van der Waals surface area contributed by atoms with Gasteiger partial charge in [-0.1, -0.05) is 4.83 Å². The number of hydrazine groups is 1. The number of benzene rings is 2. The van der Waals surface area contributed by atoms with Crippen LogP contribution < -0.4 is 9.57 Å². The van der Waals surface area contributed by atoms with E-state index < -0.39 is 27.7 Å². The first kappa shape index (κ1) is 19.2. The van der Waals surface area contributed by atoms with Crippen LogP contribution in [0.3, 0.4) is 0 Å². The SMILES string of the molecule is O=C(C1CCOC1)N(O)NS(=O)(=O)c1ccc(Oc2ccc(F)cc2)cc1. The molecule has 2 aromatic rings. The van der Waals surface area contributed by atoms with Gasteiger partial charge in [0, 0.05) is 6.61 Å². The molecule has 0 radical (unpaired) electrons. The van der Waals surface area contributed by atoms with Crippen LogP contribution in [-0.4, -0.2) is 37.9 Å². The minimum absolute atomic E-state index is 0.0302. The number of nitrogens with one attached hydrogen (secondary N) is 1. The highest BCUT2D eigenvalue weighted by Gasteiger charge is 2.30. The first-order valence-corrected chi connectivity index (χ1v) is 9.50. The van der Waals surface area contributed by atoms with Gasteiger partial charge in [0.05, 0.1) is 17.4 Å². The lowest BCUT2D eigenvalue weighted by Crippen LogP contribution is -2.46. The molecule has 1 aliphatic rings. The molecule has 8 nitrogen and oxygen atoms in total. The summed E-state index contributed by atoms with van der Waals surface area (Å²) >= 11 is 0. The van der Waals surface area contributed by atoms with E-state index in [4.69, 9.17) is 9.47 Å². The van der Waals surface area contributed by atoms with Crippen LogP contribution in [0.25, 0.3) is 0 Å². The van der Waals surface area contributed by atoms with Gasteiger partial charge in [0.2, 0.25) is 0 Å². The molecule has 0 bridgehead atoms. The lowest BCUT2D eigenvalue weighted by atomic mass is 10.1. The number of hydroxylamine groups is 1. The van der Waals surface area contributed by atoms with Gasteiger partial charge in [-0.25, -0.2) is 12.8 Å². The molecule has 1 aliphatic heterocycles. The topological polar surface area (TPSA) is 105 Å². The van der Waals surface area contributed by atoms with Gasteiger partial charge in [0.15, 0.2) is 0 Å². The number of carbonyl (C=O) groups excluding carboxylic acids is 1. The summed E-state index contributed by atoms with van der Waals surface area (Å²) in [5.41, 5.74) is 0. The fourth-order valence-electron chi connectivity index (χ4n) is 2.44. The Kier molecular flexibility index (Phi) is 5.71. The molecule has 1 heterocycles. The fourth-order valence-corrected chi connectivity index (χ4v) is 3.36. The Morgan fingerprint density at radius 3 is 2.30 bits per heavy atom. The van der Waals surface area contributed by atoms with Crippen LogP contribution in [0.5, 0.6) is 11.5 Å². The van der Waals surface area contributed by atoms with Crippen LogP contribution in [0.15, 0.2) is 53.4 Å². The number of hydrogen-bond donors (Lipinski definition) is 2. The van der Waals surface area contributed by atoms with Crippen molar-refractivity contribution in [3.63, 3.8) is 0 Å². The molecule has 10 heteroatoms. The summed E-state index contributed by atoms with van der Waals surface area (Å²) in [6.45, 7) is 0.513. The van der Waals surface area contributed by atoms with Crippen molar-refractivity contribution in [2.24, 2.45) is 5.92 Å².